The highest BCUT2D eigenvalue weighted by Crippen LogP contribution is 2.28. The fourth-order valence-corrected chi connectivity index (χ4v) is 2.50. The Kier molecular flexibility index (Phi) is 5.82. The summed E-state index contributed by atoms with van der Waals surface area (Å²) in [6, 6.07) is 5.49. The van der Waals surface area contributed by atoms with Gasteiger partial charge in [0.15, 0.2) is 6.61 Å². The molecule has 0 aliphatic carbocycles. The Morgan fingerprint density at radius 1 is 1.35 bits per heavy atom. The predicted octanol–water partition coefficient (Wildman–Crippen LogP) is 3.82. The number of hydrogen-bond donors (Lipinski definition) is 1. The third kappa shape index (κ3) is 4.58. The highest BCUT2D eigenvalue weighted by molar-refractivity contribution is 9.10. The van der Waals surface area contributed by atoms with Crippen molar-refractivity contribution in [2.75, 3.05) is 13.2 Å². The predicted molar refractivity (Wildman–Crippen MR) is 91.4 cm³/mol. The average Bonchev–Trinajstić information content (AvgIpc) is 2.81. The van der Waals surface area contributed by atoms with Gasteiger partial charge < -0.3 is 14.5 Å². The van der Waals surface area contributed by atoms with Crippen LogP contribution in [-0.2, 0) is 9.53 Å². The lowest BCUT2D eigenvalue weighted by molar-refractivity contribution is -0.124. The Balaban J connectivity index is 1.96. The van der Waals surface area contributed by atoms with Gasteiger partial charge in [-0.15, -0.1) is 0 Å². The van der Waals surface area contributed by atoms with Crippen molar-refractivity contribution < 1.29 is 18.7 Å². The molecule has 0 radical (unpaired) electrons. The summed E-state index contributed by atoms with van der Waals surface area (Å²) in [6.07, 6.45) is 0.886. The standard InChI is InChI=1S/C17H20BrNO4/c1-10(2)6-7-19-15(20)9-22-17(21)16-11(3)13-8-12(18)4-5-14(13)23-16/h4-5,8,10H,6-7,9H2,1-3H3,(H,19,20). The SMILES string of the molecule is Cc1c(C(=O)OCC(=O)NCCC(C)C)oc2ccc(Br)cc12. The van der Waals surface area contributed by atoms with Crippen LogP contribution in [0.5, 0.6) is 0 Å². The van der Waals surface area contributed by atoms with Crippen LogP contribution in [0.2, 0.25) is 0 Å². The van der Waals surface area contributed by atoms with Crippen LogP contribution < -0.4 is 5.32 Å². The number of esters is 1. The van der Waals surface area contributed by atoms with Crippen molar-refractivity contribution in [1.82, 2.24) is 5.32 Å². The van der Waals surface area contributed by atoms with Crippen molar-refractivity contribution in [1.29, 1.82) is 0 Å². The molecule has 0 atom stereocenters. The van der Waals surface area contributed by atoms with Crippen LogP contribution in [0.3, 0.4) is 0 Å². The molecule has 1 heterocycles. The van der Waals surface area contributed by atoms with Crippen molar-refractivity contribution in [3.8, 4) is 0 Å². The maximum absolute atomic E-state index is 12.1. The van der Waals surface area contributed by atoms with Gasteiger partial charge in [-0.2, -0.15) is 0 Å². The second-order valence-corrected chi connectivity index (χ2v) is 6.72. The van der Waals surface area contributed by atoms with Crippen molar-refractivity contribution in [3.63, 3.8) is 0 Å². The first-order valence-corrected chi connectivity index (χ1v) is 8.30. The Labute approximate surface area is 143 Å². The van der Waals surface area contributed by atoms with Gasteiger partial charge >= 0.3 is 5.97 Å². The van der Waals surface area contributed by atoms with E-state index in [1.165, 1.54) is 0 Å². The van der Waals surface area contributed by atoms with E-state index in [0.717, 1.165) is 16.3 Å². The van der Waals surface area contributed by atoms with Crippen molar-refractivity contribution in [2.45, 2.75) is 27.2 Å². The Bertz CT molecular complexity index is 721. The zero-order valence-corrected chi connectivity index (χ0v) is 15.0. The number of fused-ring (bicyclic) bond motifs is 1. The van der Waals surface area contributed by atoms with Gasteiger partial charge in [0.25, 0.3) is 5.91 Å². The van der Waals surface area contributed by atoms with Crippen LogP contribution in [0.25, 0.3) is 11.0 Å². The van der Waals surface area contributed by atoms with E-state index in [2.05, 4.69) is 35.1 Å². The van der Waals surface area contributed by atoms with Crippen LogP contribution in [0.4, 0.5) is 0 Å². The second kappa shape index (κ2) is 7.64. The first-order chi connectivity index (χ1) is 10.9. The average molecular weight is 382 g/mol. The molecule has 23 heavy (non-hydrogen) atoms. The van der Waals surface area contributed by atoms with Gasteiger partial charge in [-0.05, 0) is 37.5 Å². The van der Waals surface area contributed by atoms with E-state index in [0.29, 0.717) is 23.6 Å². The normalized spacial score (nSPS) is 11.0. The molecule has 1 N–H and O–H groups in total. The molecule has 1 amide bonds. The largest absolute Gasteiger partial charge is 0.450 e. The lowest BCUT2D eigenvalue weighted by atomic mass is 10.1. The molecule has 6 heteroatoms. The van der Waals surface area contributed by atoms with Gasteiger partial charge in [0.2, 0.25) is 5.76 Å². The molecule has 0 bridgehead atoms. The van der Waals surface area contributed by atoms with E-state index in [4.69, 9.17) is 9.15 Å². The highest BCUT2D eigenvalue weighted by Gasteiger charge is 2.20. The van der Waals surface area contributed by atoms with Gasteiger partial charge in [-0.1, -0.05) is 29.8 Å². The van der Waals surface area contributed by atoms with E-state index in [1.54, 1.807) is 13.0 Å². The summed E-state index contributed by atoms with van der Waals surface area (Å²) in [5.74, 6) is -0.298. The lowest BCUT2D eigenvalue weighted by Crippen LogP contribution is -2.30. The lowest BCUT2D eigenvalue weighted by Gasteiger charge is -2.07. The Hall–Kier alpha value is -1.82. The quantitative estimate of drug-likeness (QED) is 0.772. The zero-order chi connectivity index (χ0) is 17.0. The molecule has 124 valence electrons. The third-order valence-electron chi connectivity index (χ3n) is 3.46. The molecule has 0 saturated carbocycles. The van der Waals surface area contributed by atoms with Crippen LogP contribution in [-0.4, -0.2) is 25.0 Å². The molecule has 2 rings (SSSR count). The van der Waals surface area contributed by atoms with E-state index in [-0.39, 0.29) is 18.3 Å². The molecule has 0 aliphatic heterocycles. The Morgan fingerprint density at radius 3 is 2.78 bits per heavy atom. The van der Waals surface area contributed by atoms with E-state index >= 15 is 0 Å². The topological polar surface area (TPSA) is 68.5 Å². The number of furan rings is 1. The van der Waals surface area contributed by atoms with Crippen LogP contribution in [0.1, 0.15) is 36.4 Å². The zero-order valence-electron chi connectivity index (χ0n) is 13.4. The number of benzene rings is 1. The maximum atomic E-state index is 12.1. The molecule has 0 spiro atoms. The van der Waals surface area contributed by atoms with Crippen LogP contribution in [0.15, 0.2) is 27.1 Å². The Morgan fingerprint density at radius 2 is 2.09 bits per heavy atom. The molecule has 0 unspecified atom stereocenters. The summed E-state index contributed by atoms with van der Waals surface area (Å²) in [4.78, 5) is 23.7. The van der Waals surface area contributed by atoms with Crippen molar-refractivity contribution in [3.05, 3.63) is 34.0 Å². The van der Waals surface area contributed by atoms with Gasteiger partial charge in [0.05, 0.1) is 0 Å². The summed E-state index contributed by atoms with van der Waals surface area (Å²) >= 11 is 3.39. The molecule has 0 fully saturated rings. The number of carbonyl (C=O) groups is 2. The first kappa shape index (κ1) is 17.5. The minimum atomic E-state index is -0.631. The second-order valence-electron chi connectivity index (χ2n) is 5.81. The summed E-state index contributed by atoms with van der Waals surface area (Å²) in [5, 5.41) is 3.56. The molecule has 0 aliphatic rings. The fourth-order valence-electron chi connectivity index (χ4n) is 2.14. The summed E-state index contributed by atoms with van der Waals surface area (Å²) in [6.45, 7) is 6.21. The van der Waals surface area contributed by atoms with Crippen molar-refractivity contribution in [2.24, 2.45) is 5.92 Å². The molecule has 1 aromatic heterocycles. The summed E-state index contributed by atoms with van der Waals surface area (Å²) in [7, 11) is 0. The number of hydrogen-bond acceptors (Lipinski definition) is 4. The molecule has 5 nitrogen and oxygen atoms in total. The minimum Gasteiger partial charge on any atom is -0.450 e. The summed E-state index contributed by atoms with van der Waals surface area (Å²) < 4.78 is 11.5. The van der Waals surface area contributed by atoms with Gasteiger partial charge in [-0.25, -0.2) is 4.79 Å². The number of nitrogens with one attached hydrogen (secondary N) is 1. The number of rotatable bonds is 6. The number of ether oxygens (including phenoxy) is 1. The number of aryl methyl sites for hydroxylation is 1. The number of carbonyl (C=O) groups excluding carboxylic acids is 2. The molecular weight excluding hydrogens is 362 g/mol. The first-order valence-electron chi connectivity index (χ1n) is 7.51. The van der Waals surface area contributed by atoms with Crippen LogP contribution >= 0.6 is 15.9 Å². The van der Waals surface area contributed by atoms with Gasteiger partial charge in [0.1, 0.15) is 5.58 Å². The minimum absolute atomic E-state index is 0.132. The van der Waals surface area contributed by atoms with E-state index in [9.17, 15) is 9.59 Å². The smallest absolute Gasteiger partial charge is 0.375 e. The third-order valence-corrected chi connectivity index (χ3v) is 3.96. The summed E-state index contributed by atoms with van der Waals surface area (Å²) in [5.41, 5.74) is 1.31. The number of halogens is 1. The van der Waals surface area contributed by atoms with E-state index < -0.39 is 5.97 Å². The molecular formula is C17H20BrNO4. The van der Waals surface area contributed by atoms with E-state index in [1.807, 2.05) is 12.1 Å². The van der Waals surface area contributed by atoms with Gasteiger partial charge in [0, 0.05) is 22.0 Å². The highest BCUT2D eigenvalue weighted by atomic mass is 79.9. The van der Waals surface area contributed by atoms with Gasteiger partial charge in [-0.3, -0.25) is 4.79 Å². The fraction of sp³-hybridized carbons (Fsp3) is 0.412. The molecule has 2 aromatic rings. The van der Waals surface area contributed by atoms with Crippen molar-refractivity contribution >= 4 is 38.8 Å². The molecule has 0 saturated heterocycles. The van der Waals surface area contributed by atoms with Crippen LogP contribution in [0, 0.1) is 12.8 Å². The monoisotopic (exact) mass is 381 g/mol. The number of amides is 1. The maximum Gasteiger partial charge on any atom is 0.375 e. The molecule has 1 aromatic carbocycles.